The molecular weight excluding hydrogens is 260 g/mol. The number of hydrogen-bond donors (Lipinski definition) is 2. The highest BCUT2D eigenvalue weighted by atomic mass is 32.1. The molecule has 0 saturated heterocycles. The van der Waals surface area contributed by atoms with Crippen LogP contribution in [0.25, 0.3) is 0 Å². The standard InChI is InChI=1S/C14H20N2O2S/c1-4-9(2)7-13(17)16-11-6-5-10(14(15)19)8-12(11)18-3/h5-6,8-9H,4,7H2,1-3H3,(H2,15,19)(H,16,17). The molecule has 1 aromatic rings. The summed E-state index contributed by atoms with van der Waals surface area (Å²) in [5, 5.41) is 2.84. The number of hydrogen-bond acceptors (Lipinski definition) is 3. The van der Waals surface area contributed by atoms with Gasteiger partial charge in [0.05, 0.1) is 12.8 Å². The Bertz CT molecular complexity index is 475. The van der Waals surface area contributed by atoms with E-state index in [1.165, 1.54) is 0 Å². The summed E-state index contributed by atoms with van der Waals surface area (Å²) in [5.41, 5.74) is 6.91. The van der Waals surface area contributed by atoms with Crippen LogP contribution in [0.3, 0.4) is 0 Å². The van der Waals surface area contributed by atoms with Gasteiger partial charge in [0, 0.05) is 12.0 Å². The van der Waals surface area contributed by atoms with Crippen LogP contribution >= 0.6 is 12.2 Å². The molecule has 4 nitrogen and oxygen atoms in total. The summed E-state index contributed by atoms with van der Waals surface area (Å²) in [6.45, 7) is 4.11. The number of nitrogens with two attached hydrogens (primary N) is 1. The zero-order valence-corrected chi connectivity index (χ0v) is 12.3. The highest BCUT2D eigenvalue weighted by molar-refractivity contribution is 7.80. The van der Waals surface area contributed by atoms with Crippen LogP contribution in [-0.2, 0) is 4.79 Å². The number of nitrogens with one attached hydrogen (secondary N) is 1. The first-order valence-corrected chi connectivity index (χ1v) is 6.66. The number of ether oxygens (including phenoxy) is 1. The van der Waals surface area contributed by atoms with Crippen LogP contribution in [0.5, 0.6) is 5.75 Å². The normalized spacial score (nSPS) is 11.7. The van der Waals surface area contributed by atoms with E-state index in [2.05, 4.69) is 12.2 Å². The summed E-state index contributed by atoms with van der Waals surface area (Å²) in [7, 11) is 1.54. The number of amides is 1. The van der Waals surface area contributed by atoms with Gasteiger partial charge >= 0.3 is 0 Å². The number of benzene rings is 1. The first-order valence-electron chi connectivity index (χ1n) is 6.25. The predicted molar refractivity (Wildman–Crippen MR) is 81.6 cm³/mol. The molecule has 5 heteroatoms. The van der Waals surface area contributed by atoms with E-state index >= 15 is 0 Å². The van der Waals surface area contributed by atoms with Crippen LogP contribution in [-0.4, -0.2) is 18.0 Å². The Hall–Kier alpha value is -1.62. The average molecular weight is 280 g/mol. The lowest BCUT2D eigenvalue weighted by molar-refractivity contribution is -0.117. The monoisotopic (exact) mass is 280 g/mol. The molecule has 1 unspecified atom stereocenters. The summed E-state index contributed by atoms with van der Waals surface area (Å²) >= 11 is 4.91. The molecular formula is C14H20N2O2S. The maximum absolute atomic E-state index is 11.9. The Kier molecular flexibility index (Phi) is 5.76. The van der Waals surface area contributed by atoms with E-state index in [0.29, 0.717) is 34.3 Å². The molecule has 19 heavy (non-hydrogen) atoms. The van der Waals surface area contributed by atoms with Crippen LogP contribution < -0.4 is 15.8 Å². The second kappa shape index (κ2) is 7.09. The van der Waals surface area contributed by atoms with E-state index in [1.807, 2.05) is 6.92 Å². The molecule has 0 radical (unpaired) electrons. The molecule has 1 atom stereocenters. The van der Waals surface area contributed by atoms with E-state index in [-0.39, 0.29) is 5.91 Å². The smallest absolute Gasteiger partial charge is 0.224 e. The van der Waals surface area contributed by atoms with Crippen LogP contribution in [0.15, 0.2) is 18.2 Å². The highest BCUT2D eigenvalue weighted by Crippen LogP contribution is 2.26. The first kappa shape index (κ1) is 15.4. The van der Waals surface area contributed by atoms with E-state index in [0.717, 1.165) is 6.42 Å². The molecule has 0 aliphatic heterocycles. The summed E-state index contributed by atoms with van der Waals surface area (Å²) < 4.78 is 5.24. The number of carbonyl (C=O) groups excluding carboxylic acids is 1. The summed E-state index contributed by atoms with van der Waals surface area (Å²) in [5.74, 6) is 0.903. The molecule has 1 amide bonds. The van der Waals surface area contributed by atoms with E-state index in [4.69, 9.17) is 22.7 Å². The second-order valence-corrected chi connectivity index (χ2v) is 4.98. The van der Waals surface area contributed by atoms with Gasteiger partial charge in [0.2, 0.25) is 5.91 Å². The number of carbonyl (C=O) groups is 1. The van der Waals surface area contributed by atoms with E-state index in [9.17, 15) is 4.79 Å². The molecule has 0 aromatic heterocycles. The SMILES string of the molecule is CCC(C)CC(=O)Nc1ccc(C(N)=S)cc1OC. The fourth-order valence-corrected chi connectivity index (χ4v) is 1.74. The van der Waals surface area contributed by atoms with Crippen LogP contribution in [0.1, 0.15) is 32.3 Å². The minimum Gasteiger partial charge on any atom is -0.495 e. The third-order valence-corrected chi connectivity index (χ3v) is 3.23. The van der Waals surface area contributed by atoms with Crippen molar-refractivity contribution in [1.29, 1.82) is 0 Å². The molecule has 0 saturated carbocycles. The Labute approximate surface area is 119 Å². The van der Waals surface area contributed by atoms with Gasteiger partial charge in [-0.2, -0.15) is 0 Å². The number of methoxy groups -OCH3 is 1. The number of thiocarbonyl (C=S) groups is 1. The lowest BCUT2D eigenvalue weighted by Crippen LogP contribution is -2.16. The van der Waals surface area contributed by atoms with Crippen LogP contribution in [0.4, 0.5) is 5.69 Å². The zero-order chi connectivity index (χ0) is 14.4. The first-order chi connectivity index (χ1) is 8.97. The van der Waals surface area contributed by atoms with E-state index in [1.54, 1.807) is 25.3 Å². The Balaban J connectivity index is 2.83. The molecule has 0 aliphatic rings. The Morgan fingerprint density at radius 3 is 2.74 bits per heavy atom. The summed E-state index contributed by atoms with van der Waals surface area (Å²) in [6, 6.07) is 5.24. The molecule has 0 bridgehead atoms. The maximum Gasteiger partial charge on any atom is 0.224 e. The third kappa shape index (κ3) is 4.52. The topological polar surface area (TPSA) is 64.4 Å². The number of rotatable bonds is 6. The van der Waals surface area contributed by atoms with Crippen molar-refractivity contribution in [3.05, 3.63) is 23.8 Å². The molecule has 1 aromatic carbocycles. The van der Waals surface area contributed by atoms with Crippen molar-refractivity contribution < 1.29 is 9.53 Å². The predicted octanol–water partition coefficient (Wildman–Crippen LogP) is 2.70. The maximum atomic E-state index is 11.9. The van der Waals surface area contributed by atoms with Crippen molar-refractivity contribution in [2.45, 2.75) is 26.7 Å². The van der Waals surface area contributed by atoms with Crippen molar-refractivity contribution in [3.8, 4) is 5.75 Å². The summed E-state index contributed by atoms with van der Waals surface area (Å²) in [4.78, 5) is 12.2. The lowest BCUT2D eigenvalue weighted by atomic mass is 10.0. The molecule has 3 N–H and O–H groups in total. The van der Waals surface area contributed by atoms with Crippen molar-refractivity contribution in [1.82, 2.24) is 0 Å². The van der Waals surface area contributed by atoms with Crippen LogP contribution in [0.2, 0.25) is 0 Å². The minimum atomic E-state index is -0.0178. The fraction of sp³-hybridized carbons (Fsp3) is 0.429. The highest BCUT2D eigenvalue weighted by Gasteiger charge is 2.11. The van der Waals surface area contributed by atoms with Gasteiger partial charge in [0.25, 0.3) is 0 Å². The quantitative estimate of drug-likeness (QED) is 0.786. The van der Waals surface area contributed by atoms with Gasteiger partial charge in [-0.15, -0.1) is 0 Å². The van der Waals surface area contributed by atoms with Gasteiger partial charge < -0.3 is 15.8 Å². The molecule has 0 aliphatic carbocycles. The van der Waals surface area contributed by atoms with Gasteiger partial charge in [-0.25, -0.2) is 0 Å². The lowest BCUT2D eigenvalue weighted by Gasteiger charge is -2.13. The van der Waals surface area contributed by atoms with Gasteiger partial charge in [-0.05, 0) is 24.1 Å². The summed E-state index contributed by atoms with van der Waals surface area (Å²) in [6.07, 6.45) is 1.47. The van der Waals surface area contributed by atoms with Gasteiger partial charge in [-0.3, -0.25) is 4.79 Å². The van der Waals surface area contributed by atoms with Gasteiger partial charge in [0.1, 0.15) is 10.7 Å². The third-order valence-electron chi connectivity index (χ3n) is 2.99. The van der Waals surface area contributed by atoms with E-state index < -0.39 is 0 Å². The van der Waals surface area contributed by atoms with Crippen molar-refractivity contribution in [3.63, 3.8) is 0 Å². The van der Waals surface area contributed by atoms with Gasteiger partial charge in [-0.1, -0.05) is 32.5 Å². The minimum absolute atomic E-state index is 0.0178. The number of anilines is 1. The fourth-order valence-electron chi connectivity index (χ4n) is 1.61. The molecule has 0 fully saturated rings. The zero-order valence-electron chi connectivity index (χ0n) is 11.5. The molecule has 0 heterocycles. The van der Waals surface area contributed by atoms with Crippen LogP contribution in [0, 0.1) is 5.92 Å². The van der Waals surface area contributed by atoms with Gasteiger partial charge in [0.15, 0.2) is 0 Å². The van der Waals surface area contributed by atoms with Crippen molar-refractivity contribution >= 4 is 28.8 Å². The Morgan fingerprint density at radius 2 is 2.21 bits per heavy atom. The average Bonchev–Trinajstić information content (AvgIpc) is 2.38. The Morgan fingerprint density at radius 1 is 1.53 bits per heavy atom. The largest absolute Gasteiger partial charge is 0.495 e. The molecule has 1 rings (SSSR count). The second-order valence-electron chi connectivity index (χ2n) is 4.55. The van der Waals surface area contributed by atoms with Crippen molar-refractivity contribution in [2.24, 2.45) is 11.7 Å². The van der Waals surface area contributed by atoms with Crippen molar-refractivity contribution in [2.75, 3.05) is 12.4 Å². The molecule has 104 valence electrons. The molecule has 0 spiro atoms.